The zero-order valence-corrected chi connectivity index (χ0v) is 21.2. The predicted molar refractivity (Wildman–Crippen MR) is 132 cm³/mol. The van der Waals surface area contributed by atoms with Crippen LogP contribution in [0.2, 0.25) is 5.02 Å². The summed E-state index contributed by atoms with van der Waals surface area (Å²) in [6, 6.07) is 1.19. The molecule has 4 heterocycles. The Morgan fingerprint density at radius 3 is 2.54 bits per heavy atom. The van der Waals surface area contributed by atoms with E-state index in [9.17, 15) is 28.5 Å². The maximum Gasteiger partial charge on any atom is 0.408 e. The summed E-state index contributed by atoms with van der Waals surface area (Å²) in [5, 5.41) is 21.8. The Hall–Kier alpha value is -3.98. The first-order chi connectivity index (χ1) is 17.4. The van der Waals surface area contributed by atoms with Gasteiger partial charge >= 0.3 is 5.82 Å². The molecule has 0 saturated heterocycles. The summed E-state index contributed by atoms with van der Waals surface area (Å²) in [5.74, 6) is -2.23. The monoisotopic (exact) mass is 552 g/mol. The molecule has 0 fully saturated rings. The van der Waals surface area contributed by atoms with E-state index in [0.29, 0.717) is 17.8 Å². The van der Waals surface area contributed by atoms with E-state index in [0.717, 1.165) is 16.0 Å². The van der Waals surface area contributed by atoms with Crippen LogP contribution in [0, 0.1) is 24.0 Å². The number of thiophene rings is 1. The quantitative estimate of drug-likeness (QED) is 0.244. The van der Waals surface area contributed by atoms with Crippen molar-refractivity contribution in [1.82, 2.24) is 24.5 Å². The molecule has 0 aliphatic carbocycles. The first-order valence-electron chi connectivity index (χ1n) is 10.7. The number of halogens is 3. The van der Waals surface area contributed by atoms with Crippen molar-refractivity contribution in [2.75, 3.05) is 5.32 Å². The summed E-state index contributed by atoms with van der Waals surface area (Å²) in [5.41, 5.74) is 6.51. The number of aromatic nitrogens is 5. The fraction of sp³-hybridized carbons (Fsp3) is 0.286. The van der Waals surface area contributed by atoms with E-state index in [1.165, 1.54) is 13.0 Å². The van der Waals surface area contributed by atoms with Crippen LogP contribution in [0.4, 0.5) is 20.3 Å². The molecule has 3 N–H and O–H groups in total. The molecule has 37 heavy (non-hydrogen) atoms. The third-order valence-corrected chi connectivity index (χ3v) is 7.08. The summed E-state index contributed by atoms with van der Waals surface area (Å²) >= 11 is 6.70. The van der Waals surface area contributed by atoms with E-state index in [1.807, 2.05) is 6.92 Å². The van der Waals surface area contributed by atoms with E-state index in [4.69, 9.17) is 17.3 Å². The Morgan fingerprint density at radius 1 is 1.30 bits per heavy atom. The van der Waals surface area contributed by atoms with E-state index in [2.05, 4.69) is 20.5 Å². The Morgan fingerprint density at radius 2 is 2.00 bits per heavy atom. The Labute approximate surface area is 216 Å². The number of hydrogen-bond acceptors (Lipinski definition) is 8. The molecule has 0 spiro atoms. The predicted octanol–water partition coefficient (Wildman–Crippen LogP) is 4.23. The number of primary amides is 1. The lowest BCUT2D eigenvalue weighted by atomic mass is 10.0. The number of rotatable bonds is 8. The van der Waals surface area contributed by atoms with Crippen molar-refractivity contribution in [3.8, 4) is 11.1 Å². The lowest BCUT2D eigenvalue weighted by molar-refractivity contribution is -0.389. The second-order valence-electron chi connectivity index (χ2n) is 7.92. The number of alkyl halides is 2. The van der Waals surface area contributed by atoms with Gasteiger partial charge in [0.05, 0.1) is 22.2 Å². The highest BCUT2D eigenvalue weighted by Crippen LogP contribution is 2.43. The minimum atomic E-state index is -2.90. The third-order valence-electron chi connectivity index (χ3n) is 5.54. The van der Waals surface area contributed by atoms with Gasteiger partial charge in [0.1, 0.15) is 21.9 Å². The minimum Gasteiger partial charge on any atom is -0.365 e. The van der Waals surface area contributed by atoms with Crippen molar-refractivity contribution >= 4 is 56.5 Å². The average molecular weight is 553 g/mol. The smallest absolute Gasteiger partial charge is 0.365 e. The number of anilines is 1. The molecule has 0 bridgehead atoms. The summed E-state index contributed by atoms with van der Waals surface area (Å²) in [6.07, 6.45) is -1.23. The maximum absolute atomic E-state index is 13.7. The summed E-state index contributed by atoms with van der Waals surface area (Å²) in [4.78, 5) is 39.6. The van der Waals surface area contributed by atoms with E-state index >= 15 is 0 Å². The van der Waals surface area contributed by atoms with Crippen molar-refractivity contribution in [2.24, 2.45) is 5.73 Å². The number of carbonyl (C=O) groups is 2. The molecule has 0 aliphatic heterocycles. The van der Waals surface area contributed by atoms with Crippen molar-refractivity contribution in [1.29, 1.82) is 0 Å². The Balaban J connectivity index is 1.86. The first kappa shape index (κ1) is 26.1. The molecule has 0 radical (unpaired) electrons. The molecule has 4 aromatic heterocycles. The highest BCUT2D eigenvalue weighted by molar-refractivity contribution is 7.21. The van der Waals surface area contributed by atoms with E-state index in [-0.39, 0.29) is 37.1 Å². The topological polar surface area (TPSA) is 164 Å². The number of nitrogens with zero attached hydrogens (tertiary/aromatic N) is 6. The third kappa shape index (κ3) is 4.74. The second-order valence-corrected chi connectivity index (χ2v) is 9.29. The molecule has 0 unspecified atom stereocenters. The lowest BCUT2D eigenvalue weighted by Crippen LogP contribution is -2.22. The number of nitro groups is 1. The van der Waals surface area contributed by atoms with Gasteiger partial charge in [-0.15, -0.1) is 11.3 Å². The van der Waals surface area contributed by atoms with Gasteiger partial charge in [0.2, 0.25) is 5.91 Å². The Bertz CT molecular complexity index is 1580. The molecule has 12 nitrogen and oxygen atoms in total. The second kappa shape index (κ2) is 9.82. The van der Waals surface area contributed by atoms with Crippen LogP contribution in [0.3, 0.4) is 0 Å². The van der Waals surface area contributed by atoms with Crippen LogP contribution in [0.15, 0.2) is 12.3 Å². The van der Waals surface area contributed by atoms with Crippen molar-refractivity contribution in [3.63, 3.8) is 0 Å². The van der Waals surface area contributed by atoms with Crippen molar-refractivity contribution in [3.05, 3.63) is 49.4 Å². The van der Waals surface area contributed by atoms with Crippen molar-refractivity contribution < 1.29 is 23.3 Å². The van der Waals surface area contributed by atoms with Gasteiger partial charge in [0.15, 0.2) is 5.02 Å². The van der Waals surface area contributed by atoms with Crippen LogP contribution >= 0.6 is 22.9 Å². The molecule has 4 rings (SSSR count). The Kier molecular flexibility index (Phi) is 6.92. The highest BCUT2D eigenvalue weighted by atomic mass is 35.5. The highest BCUT2D eigenvalue weighted by Gasteiger charge is 2.28. The molecule has 16 heteroatoms. The lowest BCUT2D eigenvalue weighted by Gasteiger charge is -2.10. The van der Waals surface area contributed by atoms with Crippen molar-refractivity contribution in [2.45, 2.75) is 40.3 Å². The van der Waals surface area contributed by atoms with Crippen LogP contribution in [-0.4, -0.2) is 41.3 Å². The summed E-state index contributed by atoms with van der Waals surface area (Å²) in [6.45, 7) is 5.05. The van der Waals surface area contributed by atoms with Gasteiger partial charge in [0.25, 0.3) is 12.3 Å². The maximum atomic E-state index is 13.7. The summed E-state index contributed by atoms with van der Waals surface area (Å²) < 4.78 is 30.1. The first-order valence-corrected chi connectivity index (χ1v) is 11.9. The zero-order valence-electron chi connectivity index (χ0n) is 19.6. The van der Waals surface area contributed by atoms with Crippen LogP contribution in [0.25, 0.3) is 21.3 Å². The fourth-order valence-electron chi connectivity index (χ4n) is 3.77. The normalized spacial score (nSPS) is 11.4. The van der Waals surface area contributed by atoms with E-state index in [1.54, 1.807) is 17.8 Å². The standard InChI is InChI=1S/C21H19ClF2N8O4S/c1-4-30-6-11(8(2)28-30)10-5-12(18(23)24)26-21-14(10)16(17(37-21)19(25)34)27-13(33)7-31-9(3)15(22)20(29-31)32(35)36/h5-6,18H,4,7H2,1-3H3,(H2,25,34)(H,27,33). The van der Waals surface area contributed by atoms with Gasteiger partial charge in [-0.2, -0.15) is 9.78 Å². The number of nitrogens with two attached hydrogens (primary N) is 1. The summed E-state index contributed by atoms with van der Waals surface area (Å²) in [7, 11) is 0. The molecule has 0 saturated carbocycles. The van der Waals surface area contributed by atoms with Gasteiger partial charge in [0, 0.05) is 23.7 Å². The molecule has 4 aromatic rings. The van der Waals surface area contributed by atoms with Crippen LogP contribution < -0.4 is 11.1 Å². The molecule has 2 amide bonds. The fourth-order valence-corrected chi connectivity index (χ4v) is 4.99. The largest absolute Gasteiger partial charge is 0.408 e. The molecule has 194 valence electrons. The van der Waals surface area contributed by atoms with Crippen LogP contribution in [0.1, 0.15) is 40.1 Å². The van der Waals surface area contributed by atoms with Gasteiger partial charge in [-0.3, -0.25) is 14.3 Å². The van der Waals surface area contributed by atoms with Crippen LogP contribution in [-0.2, 0) is 17.9 Å². The number of amides is 2. The zero-order chi connectivity index (χ0) is 27.2. The van der Waals surface area contributed by atoms with E-state index < -0.39 is 41.2 Å². The molecule has 0 aliphatic rings. The number of nitrogens with one attached hydrogen (secondary N) is 1. The number of aryl methyl sites for hydroxylation is 2. The van der Waals surface area contributed by atoms with Crippen LogP contribution in [0.5, 0.6) is 0 Å². The number of pyridine rings is 1. The molecular formula is C21H19ClF2N8O4S. The number of hydrogen-bond donors (Lipinski definition) is 2. The average Bonchev–Trinajstić information content (AvgIpc) is 3.48. The minimum absolute atomic E-state index is 0.0186. The van der Waals surface area contributed by atoms with Gasteiger partial charge in [-0.05, 0) is 37.3 Å². The molecule has 0 aromatic carbocycles. The number of carbonyl (C=O) groups excluding carboxylic acids is 2. The SMILES string of the molecule is CCn1cc(-c2cc(C(F)F)nc3sc(C(N)=O)c(NC(=O)Cn4nc([N+](=O)[O-])c(Cl)c4C)c23)c(C)n1. The number of fused-ring (bicyclic) bond motifs is 1. The van der Waals surface area contributed by atoms with Gasteiger partial charge < -0.3 is 21.2 Å². The van der Waals surface area contributed by atoms with Gasteiger partial charge in [-0.1, -0.05) is 11.6 Å². The molecule has 0 atom stereocenters. The van der Waals surface area contributed by atoms with Gasteiger partial charge in [-0.25, -0.2) is 13.8 Å². The molecular weight excluding hydrogens is 534 g/mol.